The summed E-state index contributed by atoms with van der Waals surface area (Å²) in [5.74, 6) is -0.321. The van der Waals surface area contributed by atoms with Crippen LogP contribution in [0.2, 0.25) is 0 Å². The summed E-state index contributed by atoms with van der Waals surface area (Å²) in [7, 11) is 0. The molecule has 8 nitrogen and oxygen atoms in total. The maximum atomic E-state index is 10.4. The summed E-state index contributed by atoms with van der Waals surface area (Å²) < 4.78 is 0. The zero-order valence-corrected chi connectivity index (χ0v) is 7.13. The maximum Gasteiger partial charge on any atom is 0.318 e. The van der Waals surface area contributed by atoms with Gasteiger partial charge in [-0.05, 0) is 6.92 Å². The van der Waals surface area contributed by atoms with Gasteiger partial charge in [-0.2, -0.15) is 0 Å². The molecular formula is C6H6N4O4. The molecule has 0 amide bonds. The fourth-order valence-corrected chi connectivity index (χ4v) is 0.934. The van der Waals surface area contributed by atoms with Crippen LogP contribution in [0.1, 0.15) is 5.69 Å². The third-order valence-electron chi connectivity index (χ3n) is 1.59. The zero-order chi connectivity index (χ0) is 10.9. The molecule has 0 aliphatic carbocycles. The predicted molar refractivity (Wildman–Crippen MR) is 46.7 cm³/mol. The van der Waals surface area contributed by atoms with Crippen molar-refractivity contribution in [1.29, 1.82) is 0 Å². The molecule has 74 valence electrons. The number of hydrogen-bond acceptors (Lipinski definition) is 6. The van der Waals surface area contributed by atoms with Crippen molar-refractivity contribution >= 4 is 17.2 Å². The average molecular weight is 198 g/mol. The molecule has 1 rings (SSSR count). The highest BCUT2D eigenvalue weighted by molar-refractivity contribution is 5.58. The third-order valence-corrected chi connectivity index (χ3v) is 1.59. The second-order valence-electron chi connectivity index (χ2n) is 2.51. The van der Waals surface area contributed by atoms with Crippen molar-refractivity contribution < 1.29 is 9.85 Å². The van der Waals surface area contributed by atoms with Gasteiger partial charge in [-0.1, -0.05) is 0 Å². The lowest BCUT2D eigenvalue weighted by molar-refractivity contribution is -0.394. The van der Waals surface area contributed by atoms with Crippen LogP contribution < -0.4 is 5.73 Å². The van der Waals surface area contributed by atoms with Gasteiger partial charge in [0.25, 0.3) is 5.69 Å². The van der Waals surface area contributed by atoms with Gasteiger partial charge in [0.15, 0.2) is 0 Å². The van der Waals surface area contributed by atoms with E-state index in [1.807, 2.05) is 0 Å². The molecule has 2 N–H and O–H groups in total. The molecule has 0 aliphatic rings. The lowest BCUT2D eigenvalue weighted by atomic mass is 10.3. The van der Waals surface area contributed by atoms with Crippen LogP contribution in [0, 0.1) is 27.2 Å². The Balaban J connectivity index is 3.42. The van der Waals surface area contributed by atoms with Crippen LogP contribution in [0.5, 0.6) is 0 Å². The molecule has 1 aromatic rings. The summed E-state index contributed by atoms with van der Waals surface area (Å²) in [6, 6.07) is 0.803. The summed E-state index contributed by atoms with van der Waals surface area (Å²) in [4.78, 5) is 22.7. The topological polar surface area (TPSA) is 125 Å². The van der Waals surface area contributed by atoms with Crippen molar-refractivity contribution in [2.75, 3.05) is 5.73 Å². The molecule has 0 aromatic carbocycles. The zero-order valence-electron chi connectivity index (χ0n) is 7.13. The Morgan fingerprint density at radius 2 is 1.79 bits per heavy atom. The van der Waals surface area contributed by atoms with Crippen LogP contribution in [0.3, 0.4) is 0 Å². The first kappa shape index (κ1) is 9.84. The Morgan fingerprint density at radius 1 is 1.29 bits per heavy atom. The van der Waals surface area contributed by atoms with E-state index in [1.165, 1.54) is 6.92 Å². The number of aryl methyl sites for hydroxylation is 1. The minimum atomic E-state index is -0.811. The van der Waals surface area contributed by atoms with Crippen molar-refractivity contribution in [2.24, 2.45) is 0 Å². The fourth-order valence-electron chi connectivity index (χ4n) is 0.934. The second kappa shape index (κ2) is 3.24. The number of pyridine rings is 1. The van der Waals surface area contributed by atoms with E-state index in [2.05, 4.69) is 4.98 Å². The van der Waals surface area contributed by atoms with Crippen LogP contribution in [0.25, 0.3) is 0 Å². The predicted octanol–water partition coefficient (Wildman–Crippen LogP) is 0.789. The first-order chi connectivity index (χ1) is 6.43. The summed E-state index contributed by atoms with van der Waals surface area (Å²) in [5, 5.41) is 20.8. The summed E-state index contributed by atoms with van der Waals surface area (Å²) in [6.07, 6.45) is 0. The summed E-state index contributed by atoms with van der Waals surface area (Å²) in [5.41, 5.74) is 4.31. The number of nitrogen functional groups attached to an aromatic ring is 1. The number of nitrogens with zero attached hydrogens (tertiary/aromatic N) is 3. The van der Waals surface area contributed by atoms with Crippen molar-refractivity contribution in [1.82, 2.24) is 4.98 Å². The van der Waals surface area contributed by atoms with Crippen LogP contribution in [0.4, 0.5) is 17.2 Å². The van der Waals surface area contributed by atoms with E-state index >= 15 is 0 Å². The number of nitrogens with two attached hydrogens (primary N) is 1. The summed E-state index contributed by atoms with van der Waals surface area (Å²) >= 11 is 0. The van der Waals surface area contributed by atoms with Gasteiger partial charge in [-0.15, -0.1) is 0 Å². The highest BCUT2D eigenvalue weighted by Gasteiger charge is 2.22. The first-order valence-electron chi connectivity index (χ1n) is 3.49. The second-order valence-corrected chi connectivity index (χ2v) is 2.51. The van der Waals surface area contributed by atoms with E-state index in [9.17, 15) is 20.2 Å². The van der Waals surface area contributed by atoms with E-state index in [0.29, 0.717) is 0 Å². The first-order valence-corrected chi connectivity index (χ1v) is 3.49. The highest BCUT2D eigenvalue weighted by atomic mass is 16.6. The molecule has 1 aromatic heterocycles. The summed E-state index contributed by atoms with van der Waals surface area (Å²) in [6.45, 7) is 1.36. The molecule has 0 unspecified atom stereocenters. The van der Waals surface area contributed by atoms with Gasteiger partial charge in [0.2, 0.25) is 5.82 Å². The number of nitro groups is 2. The number of anilines is 1. The average Bonchev–Trinajstić information content (AvgIpc) is 2.02. The van der Waals surface area contributed by atoms with Crippen molar-refractivity contribution in [3.63, 3.8) is 0 Å². The molecular weight excluding hydrogens is 192 g/mol. The van der Waals surface area contributed by atoms with Gasteiger partial charge in [0.1, 0.15) is 5.69 Å². The lowest BCUT2D eigenvalue weighted by Gasteiger charge is -1.98. The van der Waals surface area contributed by atoms with E-state index in [-0.39, 0.29) is 11.5 Å². The molecule has 0 saturated heterocycles. The largest absolute Gasteiger partial charge is 0.378 e. The van der Waals surface area contributed by atoms with E-state index < -0.39 is 21.2 Å². The Hall–Kier alpha value is -2.25. The van der Waals surface area contributed by atoms with Crippen LogP contribution >= 0.6 is 0 Å². The monoisotopic (exact) mass is 198 g/mol. The van der Waals surface area contributed by atoms with Crippen molar-refractivity contribution in [3.8, 4) is 0 Å². The van der Waals surface area contributed by atoms with E-state index in [4.69, 9.17) is 5.73 Å². The molecule has 1 heterocycles. The highest BCUT2D eigenvalue weighted by Crippen LogP contribution is 2.26. The number of aromatic nitrogens is 1. The Labute approximate surface area is 77.7 Å². The van der Waals surface area contributed by atoms with Gasteiger partial charge >= 0.3 is 5.69 Å². The number of hydrogen-bond donors (Lipinski definition) is 1. The van der Waals surface area contributed by atoms with Crippen molar-refractivity contribution in [2.45, 2.75) is 6.92 Å². The van der Waals surface area contributed by atoms with Gasteiger partial charge < -0.3 is 5.73 Å². The molecule has 0 atom stereocenters. The Kier molecular flexibility index (Phi) is 2.28. The van der Waals surface area contributed by atoms with E-state index in [0.717, 1.165) is 6.07 Å². The van der Waals surface area contributed by atoms with Gasteiger partial charge in [0, 0.05) is 0 Å². The number of rotatable bonds is 2. The van der Waals surface area contributed by atoms with Crippen LogP contribution in [-0.4, -0.2) is 14.8 Å². The normalized spacial score (nSPS) is 9.79. The minimum absolute atomic E-state index is 0.0538. The molecule has 0 aliphatic heterocycles. The lowest BCUT2D eigenvalue weighted by Crippen LogP contribution is -2.03. The SMILES string of the molecule is Cc1nc(N)c([N+](=O)[O-])cc1[N+](=O)[O-]. The molecule has 0 fully saturated rings. The van der Waals surface area contributed by atoms with Crippen molar-refractivity contribution in [3.05, 3.63) is 32.0 Å². The fraction of sp³-hybridized carbons (Fsp3) is 0.167. The third kappa shape index (κ3) is 1.58. The smallest absolute Gasteiger partial charge is 0.318 e. The van der Waals surface area contributed by atoms with Gasteiger partial charge in [0.05, 0.1) is 15.9 Å². The molecule has 0 spiro atoms. The standard InChI is InChI=1S/C6H6N4O4/c1-3-4(9(11)12)2-5(10(13)14)6(7)8-3/h2H,1H3,(H2,7,8). The van der Waals surface area contributed by atoms with Gasteiger partial charge in [-0.3, -0.25) is 20.2 Å². The minimum Gasteiger partial charge on any atom is -0.378 e. The Morgan fingerprint density at radius 3 is 2.21 bits per heavy atom. The molecule has 8 heteroatoms. The Bertz CT molecular complexity index is 381. The maximum absolute atomic E-state index is 10.4. The van der Waals surface area contributed by atoms with E-state index in [1.54, 1.807) is 0 Å². The van der Waals surface area contributed by atoms with Crippen LogP contribution in [-0.2, 0) is 0 Å². The van der Waals surface area contributed by atoms with Gasteiger partial charge in [-0.25, -0.2) is 4.98 Å². The van der Waals surface area contributed by atoms with Crippen LogP contribution in [0.15, 0.2) is 6.07 Å². The molecule has 0 bridgehead atoms. The molecule has 0 saturated carbocycles. The molecule has 0 radical (unpaired) electrons. The quantitative estimate of drug-likeness (QED) is 0.552. The molecule has 14 heavy (non-hydrogen) atoms.